The topological polar surface area (TPSA) is 43.4 Å². The smallest absolute Gasteiger partial charge is 0.162 e. The van der Waals surface area contributed by atoms with E-state index in [1.54, 1.807) is 6.20 Å². The van der Waals surface area contributed by atoms with Gasteiger partial charge < -0.3 is 14.8 Å². The van der Waals surface area contributed by atoms with Gasteiger partial charge >= 0.3 is 0 Å². The summed E-state index contributed by atoms with van der Waals surface area (Å²) in [5, 5.41) is 3.42. The zero-order valence-corrected chi connectivity index (χ0v) is 17.8. The van der Waals surface area contributed by atoms with E-state index in [4.69, 9.17) is 9.47 Å². The van der Waals surface area contributed by atoms with E-state index in [9.17, 15) is 0 Å². The van der Waals surface area contributed by atoms with Crippen LogP contribution < -0.4 is 14.8 Å². The van der Waals surface area contributed by atoms with Crippen LogP contribution in [0.25, 0.3) is 0 Å². The first-order valence-electron chi connectivity index (χ1n) is 9.40. The number of rotatable bonds is 9. The zero-order valence-electron chi connectivity index (χ0n) is 16.2. The summed E-state index contributed by atoms with van der Waals surface area (Å²) in [4.78, 5) is 4.33. The molecule has 0 unspecified atom stereocenters. The lowest BCUT2D eigenvalue weighted by molar-refractivity contribution is 0.268. The fourth-order valence-corrected chi connectivity index (χ4v) is 3.31. The molecule has 0 fully saturated rings. The Hall–Kier alpha value is -2.37. The summed E-state index contributed by atoms with van der Waals surface area (Å²) in [6.45, 7) is 6.58. The van der Waals surface area contributed by atoms with Crippen molar-refractivity contribution < 1.29 is 9.47 Å². The van der Waals surface area contributed by atoms with Crippen molar-refractivity contribution in [3.05, 3.63) is 87.7 Å². The molecular formula is C23H25BrN2O2. The Morgan fingerprint density at radius 2 is 1.71 bits per heavy atom. The minimum atomic E-state index is 0.510. The summed E-state index contributed by atoms with van der Waals surface area (Å²) >= 11 is 3.67. The molecule has 0 saturated heterocycles. The molecule has 146 valence electrons. The van der Waals surface area contributed by atoms with Gasteiger partial charge in [0.1, 0.15) is 6.61 Å². The molecule has 0 aliphatic carbocycles. The molecule has 0 bridgehead atoms. The molecule has 1 N–H and O–H groups in total. The largest absolute Gasteiger partial charge is 0.490 e. The molecule has 3 aromatic rings. The van der Waals surface area contributed by atoms with Crippen LogP contribution in [0.3, 0.4) is 0 Å². The highest BCUT2D eigenvalue weighted by molar-refractivity contribution is 9.10. The van der Waals surface area contributed by atoms with Gasteiger partial charge in [0.2, 0.25) is 0 Å². The number of pyridine rings is 1. The highest BCUT2D eigenvalue weighted by Crippen LogP contribution is 2.34. The maximum Gasteiger partial charge on any atom is 0.162 e. The molecule has 28 heavy (non-hydrogen) atoms. The van der Waals surface area contributed by atoms with Gasteiger partial charge in [-0.05, 0) is 54.8 Å². The van der Waals surface area contributed by atoms with E-state index in [2.05, 4.69) is 45.3 Å². The molecular weight excluding hydrogens is 416 g/mol. The van der Waals surface area contributed by atoms with E-state index in [0.29, 0.717) is 26.3 Å². The average molecular weight is 441 g/mol. The van der Waals surface area contributed by atoms with Crippen molar-refractivity contribution in [2.24, 2.45) is 0 Å². The quantitative estimate of drug-likeness (QED) is 0.482. The summed E-state index contributed by atoms with van der Waals surface area (Å²) < 4.78 is 12.9. The number of hydrogen-bond donors (Lipinski definition) is 1. The molecule has 0 amide bonds. The van der Waals surface area contributed by atoms with E-state index in [1.807, 2.05) is 49.4 Å². The summed E-state index contributed by atoms with van der Waals surface area (Å²) in [5.74, 6) is 1.50. The molecule has 0 radical (unpaired) electrons. The molecule has 5 heteroatoms. The molecule has 0 atom stereocenters. The molecule has 1 heterocycles. The van der Waals surface area contributed by atoms with E-state index in [0.717, 1.165) is 27.2 Å². The number of nitrogens with zero attached hydrogens (tertiary/aromatic N) is 1. The highest BCUT2D eigenvalue weighted by Gasteiger charge is 2.12. The van der Waals surface area contributed by atoms with Gasteiger partial charge in [-0.2, -0.15) is 0 Å². The number of aromatic nitrogens is 1. The minimum Gasteiger partial charge on any atom is -0.490 e. The second-order valence-electron chi connectivity index (χ2n) is 6.46. The van der Waals surface area contributed by atoms with Gasteiger partial charge in [0.15, 0.2) is 11.5 Å². The summed E-state index contributed by atoms with van der Waals surface area (Å²) in [7, 11) is 0. The predicted octanol–water partition coefficient (Wildman–Crippen LogP) is 5.42. The highest BCUT2D eigenvalue weighted by atomic mass is 79.9. The van der Waals surface area contributed by atoms with Crippen LogP contribution in [-0.4, -0.2) is 11.6 Å². The second kappa shape index (κ2) is 10.2. The van der Waals surface area contributed by atoms with Crippen LogP contribution in [0.1, 0.15) is 29.3 Å². The maximum absolute atomic E-state index is 6.08. The maximum atomic E-state index is 6.08. The number of benzene rings is 2. The first-order valence-corrected chi connectivity index (χ1v) is 10.2. The monoisotopic (exact) mass is 440 g/mol. The van der Waals surface area contributed by atoms with Crippen molar-refractivity contribution in [1.29, 1.82) is 0 Å². The third kappa shape index (κ3) is 5.57. The lowest BCUT2D eigenvalue weighted by Crippen LogP contribution is -2.14. The number of nitrogens with one attached hydrogen (secondary N) is 1. The van der Waals surface area contributed by atoms with Gasteiger partial charge in [0.05, 0.1) is 12.3 Å². The van der Waals surface area contributed by atoms with Crippen molar-refractivity contribution in [2.45, 2.75) is 33.5 Å². The van der Waals surface area contributed by atoms with E-state index in [1.165, 1.54) is 11.1 Å². The lowest BCUT2D eigenvalue weighted by Gasteiger charge is -2.16. The van der Waals surface area contributed by atoms with E-state index >= 15 is 0 Å². The first-order chi connectivity index (χ1) is 13.7. The van der Waals surface area contributed by atoms with Crippen LogP contribution >= 0.6 is 15.9 Å². The fourth-order valence-electron chi connectivity index (χ4n) is 2.85. The minimum absolute atomic E-state index is 0.510. The van der Waals surface area contributed by atoms with E-state index < -0.39 is 0 Å². The Kier molecular flexibility index (Phi) is 7.46. The second-order valence-corrected chi connectivity index (χ2v) is 7.32. The normalized spacial score (nSPS) is 10.7. The van der Waals surface area contributed by atoms with Gasteiger partial charge in [-0.1, -0.05) is 46.3 Å². The van der Waals surface area contributed by atoms with Crippen LogP contribution in [-0.2, 0) is 19.7 Å². The molecule has 0 saturated carbocycles. The van der Waals surface area contributed by atoms with E-state index in [-0.39, 0.29) is 0 Å². The summed E-state index contributed by atoms with van der Waals surface area (Å²) in [6.07, 6.45) is 1.81. The van der Waals surface area contributed by atoms with Crippen molar-refractivity contribution in [3.63, 3.8) is 0 Å². The third-order valence-corrected chi connectivity index (χ3v) is 5.14. The Morgan fingerprint density at radius 3 is 2.46 bits per heavy atom. The standard InChI is InChI=1S/C23H25BrN2O2/c1-3-27-22-12-19(14-25-15-20-10-6-7-11-26-20)21(24)13-23(22)28-16-18-9-5-4-8-17(18)2/h4-13,25H,3,14-16H2,1-2H3. The van der Waals surface area contributed by atoms with Gasteiger partial charge in [-0.15, -0.1) is 0 Å². The van der Waals surface area contributed by atoms with Crippen molar-refractivity contribution >= 4 is 15.9 Å². The SMILES string of the molecule is CCOc1cc(CNCc2ccccn2)c(Br)cc1OCc1ccccc1C. The predicted molar refractivity (Wildman–Crippen MR) is 116 cm³/mol. The zero-order chi connectivity index (χ0) is 19.8. The van der Waals surface area contributed by atoms with Gasteiger partial charge in [0.25, 0.3) is 0 Å². The average Bonchev–Trinajstić information content (AvgIpc) is 2.71. The molecule has 0 spiro atoms. The van der Waals surface area contributed by atoms with Gasteiger partial charge in [-0.25, -0.2) is 0 Å². The van der Waals surface area contributed by atoms with Crippen molar-refractivity contribution in [1.82, 2.24) is 10.3 Å². The first kappa shape index (κ1) is 20.4. The van der Waals surface area contributed by atoms with Crippen LogP contribution in [0, 0.1) is 6.92 Å². The molecule has 4 nitrogen and oxygen atoms in total. The fraction of sp³-hybridized carbons (Fsp3) is 0.261. The summed E-state index contributed by atoms with van der Waals surface area (Å²) in [6, 6.07) is 18.2. The number of aryl methyl sites for hydroxylation is 1. The van der Waals surface area contributed by atoms with Gasteiger partial charge in [0, 0.05) is 23.8 Å². The lowest BCUT2D eigenvalue weighted by atomic mass is 10.1. The van der Waals surface area contributed by atoms with Crippen LogP contribution in [0.5, 0.6) is 11.5 Å². The van der Waals surface area contributed by atoms with Crippen molar-refractivity contribution in [3.8, 4) is 11.5 Å². The number of halogens is 1. The van der Waals surface area contributed by atoms with Gasteiger partial charge in [-0.3, -0.25) is 4.98 Å². The number of ether oxygens (including phenoxy) is 2. The molecule has 3 rings (SSSR count). The Balaban J connectivity index is 1.69. The molecule has 0 aliphatic heterocycles. The molecule has 2 aromatic carbocycles. The van der Waals surface area contributed by atoms with Crippen molar-refractivity contribution in [2.75, 3.05) is 6.61 Å². The third-order valence-electron chi connectivity index (χ3n) is 4.40. The van der Waals surface area contributed by atoms with Crippen LogP contribution in [0.15, 0.2) is 65.3 Å². The summed E-state index contributed by atoms with van der Waals surface area (Å²) in [5.41, 5.74) is 4.52. The Labute approximate surface area is 175 Å². The number of hydrogen-bond acceptors (Lipinski definition) is 4. The molecule has 0 aliphatic rings. The van der Waals surface area contributed by atoms with Crippen LogP contribution in [0.4, 0.5) is 0 Å². The Bertz CT molecular complexity index is 900. The van der Waals surface area contributed by atoms with Crippen LogP contribution in [0.2, 0.25) is 0 Å². The Morgan fingerprint density at radius 1 is 0.929 bits per heavy atom. The molecule has 1 aromatic heterocycles.